The molecule has 1 aromatic heterocycles. The lowest BCUT2D eigenvalue weighted by molar-refractivity contribution is -0.142. The summed E-state index contributed by atoms with van der Waals surface area (Å²) in [5, 5.41) is 9.47. The first-order chi connectivity index (χ1) is 12.0. The van der Waals surface area contributed by atoms with Gasteiger partial charge in [-0.3, -0.25) is 14.4 Å². The number of pyridine rings is 1. The molecular weight excluding hydrogens is 320 g/mol. The Morgan fingerprint density at radius 2 is 1.88 bits per heavy atom. The average Bonchev–Trinajstić information content (AvgIpc) is 3.36. The zero-order chi connectivity index (χ0) is 17.6. The van der Waals surface area contributed by atoms with E-state index in [-0.39, 0.29) is 29.5 Å². The molecule has 1 aliphatic heterocycles. The average molecular weight is 344 g/mol. The Labute approximate surface area is 146 Å². The van der Waals surface area contributed by atoms with Crippen LogP contribution < -0.4 is 5.56 Å². The highest BCUT2D eigenvalue weighted by atomic mass is 16.4. The summed E-state index contributed by atoms with van der Waals surface area (Å²) >= 11 is 0. The molecule has 0 unspecified atom stereocenters. The molecule has 0 bridgehead atoms. The molecular formula is C19H24N2O4. The predicted octanol–water partition coefficient (Wildman–Crippen LogP) is 1.83. The normalized spacial score (nSPS) is 26.2. The highest BCUT2D eigenvalue weighted by Crippen LogP contribution is 2.44. The number of amides is 1. The minimum absolute atomic E-state index is 0.0290. The molecule has 2 N–H and O–H groups in total. The quantitative estimate of drug-likeness (QED) is 0.819. The van der Waals surface area contributed by atoms with Crippen LogP contribution >= 0.6 is 0 Å². The Morgan fingerprint density at radius 1 is 1.12 bits per heavy atom. The van der Waals surface area contributed by atoms with Crippen molar-refractivity contribution in [3.8, 4) is 0 Å². The predicted molar refractivity (Wildman–Crippen MR) is 91.6 cm³/mol. The maximum absolute atomic E-state index is 12.9. The smallest absolute Gasteiger partial charge is 0.308 e. The Morgan fingerprint density at radius 3 is 2.60 bits per heavy atom. The lowest BCUT2D eigenvalue weighted by atomic mass is 9.92. The standard InChI is InChI=1S/C19H24N2O4/c22-17-13(8-12-4-2-1-3-5-16(12)20-17)18(23)21-9-14(11-6-7-11)15(10-21)19(24)25/h8,11,14-15H,1-7,9-10H2,(H,20,22)(H,24,25)/t14-,15+/m1/s1. The van der Waals surface area contributed by atoms with Crippen molar-refractivity contribution in [1.29, 1.82) is 0 Å². The molecule has 2 fully saturated rings. The second-order valence-corrected chi connectivity index (χ2v) is 7.73. The summed E-state index contributed by atoms with van der Waals surface area (Å²) in [5.41, 5.74) is 1.85. The van der Waals surface area contributed by atoms with E-state index in [1.165, 1.54) is 0 Å². The summed E-state index contributed by atoms with van der Waals surface area (Å²) in [6.45, 7) is 0.669. The third-order valence-electron chi connectivity index (χ3n) is 6.02. The third-order valence-corrected chi connectivity index (χ3v) is 6.02. The Kier molecular flexibility index (Phi) is 4.13. The van der Waals surface area contributed by atoms with Gasteiger partial charge < -0.3 is 15.0 Å². The highest BCUT2D eigenvalue weighted by molar-refractivity contribution is 5.94. The van der Waals surface area contributed by atoms with Gasteiger partial charge >= 0.3 is 5.97 Å². The number of hydrogen-bond acceptors (Lipinski definition) is 3. The Bertz CT molecular complexity index is 765. The molecule has 0 radical (unpaired) electrons. The number of hydrogen-bond donors (Lipinski definition) is 2. The van der Waals surface area contributed by atoms with E-state index in [0.29, 0.717) is 12.5 Å². The van der Waals surface area contributed by atoms with Gasteiger partial charge in [0.1, 0.15) is 5.56 Å². The fraction of sp³-hybridized carbons (Fsp3) is 0.632. The summed E-state index contributed by atoms with van der Waals surface area (Å²) in [7, 11) is 0. The number of H-pyrrole nitrogens is 1. The van der Waals surface area contributed by atoms with Crippen molar-refractivity contribution in [3.05, 3.63) is 33.2 Å². The SMILES string of the molecule is O=C(O)[C@H]1CN(C(=O)c2cc3c([nH]c2=O)CCCCC3)C[C@@H]1C1CC1. The van der Waals surface area contributed by atoms with Crippen LogP contribution in [-0.4, -0.2) is 40.0 Å². The molecule has 1 amide bonds. The van der Waals surface area contributed by atoms with Crippen LogP contribution in [0.3, 0.4) is 0 Å². The highest BCUT2D eigenvalue weighted by Gasteiger charge is 2.47. The van der Waals surface area contributed by atoms with Gasteiger partial charge in [-0.25, -0.2) is 0 Å². The van der Waals surface area contributed by atoms with Gasteiger partial charge in [-0.15, -0.1) is 0 Å². The maximum atomic E-state index is 12.9. The lowest BCUT2D eigenvalue weighted by Gasteiger charge is -2.17. The Hall–Kier alpha value is -2.11. The van der Waals surface area contributed by atoms with E-state index in [9.17, 15) is 19.5 Å². The molecule has 4 rings (SSSR count). The van der Waals surface area contributed by atoms with Crippen LogP contribution in [0, 0.1) is 17.8 Å². The van der Waals surface area contributed by atoms with Gasteiger partial charge in [0.25, 0.3) is 11.5 Å². The molecule has 2 atom stereocenters. The van der Waals surface area contributed by atoms with Crippen molar-refractivity contribution in [2.24, 2.45) is 17.8 Å². The van der Waals surface area contributed by atoms with E-state index < -0.39 is 11.9 Å². The summed E-state index contributed by atoms with van der Waals surface area (Å²) < 4.78 is 0. The van der Waals surface area contributed by atoms with Gasteiger partial charge in [0, 0.05) is 18.8 Å². The zero-order valence-corrected chi connectivity index (χ0v) is 14.3. The molecule has 1 saturated carbocycles. The van der Waals surface area contributed by atoms with Crippen LogP contribution in [0.15, 0.2) is 10.9 Å². The molecule has 1 aromatic rings. The van der Waals surface area contributed by atoms with Gasteiger partial charge in [0.2, 0.25) is 0 Å². The first-order valence-corrected chi connectivity index (χ1v) is 9.31. The van der Waals surface area contributed by atoms with Crippen molar-refractivity contribution in [2.45, 2.75) is 44.9 Å². The number of nitrogens with zero attached hydrogens (tertiary/aromatic N) is 1. The number of likely N-dealkylation sites (tertiary alicyclic amines) is 1. The molecule has 1 saturated heterocycles. The maximum Gasteiger partial charge on any atom is 0.308 e. The van der Waals surface area contributed by atoms with E-state index in [0.717, 1.165) is 56.2 Å². The molecule has 6 heteroatoms. The van der Waals surface area contributed by atoms with Crippen molar-refractivity contribution >= 4 is 11.9 Å². The summed E-state index contributed by atoms with van der Waals surface area (Å²) in [6.07, 6.45) is 7.11. The largest absolute Gasteiger partial charge is 0.481 e. The van der Waals surface area contributed by atoms with Gasteiger partial charge in [0.15, 0.2) is 0 Å². The molecule has 3 aliphatic rings. The van der Waals surface area contributed by atoms with Gasteiger partial charge in [-0.2, -0.15) is 0 Å². The zero-order valence-electron chi connectivity index (χ0n) is 14.3. The van der Waals surface area contributed by atoms with Crippen LogP contribution in [0.25, 0.3) is 0 Å². The summed E-state index contributed by atoms with van der Waals surface area (Å²) in [5.74, 6) is -1.20. The molecule has 0 spiro atoms. The number of carbonyl (C=O) groups is 2. The van der Waals surface area contributed by atoms with Crippen LogP contribution in [0.4, 0.5) is 0 Å². The second kappa shape index (κ2) is 6.32. The van der Waals surface area contributed by atoms with E-state index >= 15 is 0 Å². The molecule has 25 heavy (non-hydrogen) atoms. The van der Waals surface area contributed by atoms with Crippen LogP contribution in [0.2, 0.25) is 0 Å². The number of fused-ring (bicyclic) bond motifs is 1. The van der Waals surface area contributed by atoms with Crippen molar-refractivity contribution in [3.63, 3.8) is 0 Å². The van der Waals surface area contributed by atoms with Crippen molar-refractivity contribution in [2.75, 3.05) is 13.1 Å². The lowest BCUT2D eigenvalue weighted by Crippen LogP contribution is -2.34. The van der Waals surface area contributed by atoms with Gasteiger partial charge in [-0.05, 0) is 62.0 Å². The molecule has 0 aromatic carbocycles. The van der Waals surface area contributed by atoms with Gasteiger partial charge in [-0.1, -0.05) is 6.42 Å². The fourth-order valence-corrected chi connectivity index (χ4v) is 4.44. The summed E-state index contributed by atoms with van der Waals surface area (Å²) in [6, 6.07) is 1.75. The first kappa shape index (κ1) is 16.4. The first-order valence-electron chi connectivity index (χ1n) is 9.31. The van der Waals surface area contributed by atoms with E-state index in [4.69, 9.17) is 0 Å². The number of aryl methyl sites for hydroxylation is 2. The van der Waals surface area contributed by atoms with Gasteiger partial charge in [0.05, 0.1) is 5.92 Å². The number of rotatable bonds is 3. The fourth-order valence-electron chi connectivity index (χ4n) is 4.44. The van der Waals surface area contributed by atoms with E-state index in [1.807, 2.05) is 0 Å². The number of carbonyl (C=O) groups excluding carboxylic acids is 1. The topological polar surface area (TPSA) is 90.5 Å². The number of aliphatic carboxylic acids is 1. The number of aromatic nitrogens is 1. The minimum Gasteiger partial charge on any atom is -0.481 e. The minimum atomic E-state index is -0.831. The third kappa shape index (κ3) is 3.10. The van der Waals surface area contributed by atoms with Crippen LogP contribution in [0.1, 0.15) is 53.7 Å². The number of aromatic amines is 1. The molecule has 2 heterocycles. The van der Waals surface area contributed by atoms with Crippen molar-refractivity contribution in [1.82, 2.24) is 9.88 Å². The summed E-state index contributed by atoms with van der Waals surface area (Å²) in [4.78, 5) is 41.4. The molecule has 6 nitrogen and oxygen atoms in total. The van der Waals surface area contributed by atoms with E-state index in [1.54, 1.807) is 11.0 Å². The van der Waals surface area contributed by atoms with E-state index in [2.05, 4.69) is 4.98 Å². The van der Waals surface area contributed by atoms with Crippen molar-refractivity contribution < 1.29 is 14.7 Å². The molecule has 2 aliphatic carbocycles. The number of carboxylic acids is 1. The number of nitrogens with one attached hydrogen (secondary N) is 1. The van der Waals surface area contributed by atoms with Crippen LogP contribution in [-0.2, 0) is 17.6 Å². The molecule has 134 valence electrons. The second-order valence-electron chi connectivity index (χ2n) is 7.73. The number of carboxylic acid groups (broad SMARTS) is 1. The monoisotopic (exact) mass is 344 g/mol. The Balaban J connectivity index is 1.60. The van der Waals surface area contributed by atoms with Crippen LogP contribution in [0.5, 0.6) is 0 Å².